The fourth-order valence-corrected chi connectivity index (χ4v) is 2.47. The highest BCUT2D eigenvalue weighted by molar-refractivity contribution is 5.22. The van der Waals surface area contributed by atoms with Crippen LogP contribution in [-0.2, 0) is 9.47 Å². The Labute approximate surface area is 235 Å². The van der Waals surface area contributed by atoms with Gasteiger partial charge in [-0.3, -0.25) is 0 Å². The summed E-state index contributed by atoms with van der Waals surface area (Å²) >= 11 is 0. The molecule has 2 aliphatic heterocycles. The van der Waals surface area contributed by atoms with Gasteiger partial charge in [0.15, 0.2) is 0 Å². The van der Waals surface area contributed by atoms with Crippen molar-refractivity contribution in [3.63, 3.8) is 0 Å². The Bertz CT molecular complexity index is 787. The molecule has 2 aliphatic rings. The average Bonchev–Trinajstić information content (AvgIpc) is 3.89. The van der Waals surface area contributed by atoms with Gasteiger partial charge in [-0.15, -0.1) is 0 Å². The zero-order chi connectivity index (χ0) is 28.6. The van der Waals surface area contributed by atoms with Gasteiger partial charge in [-0.25, -0.2) is 0 Å². The maximum Gasteiger partial charge on any atom is 0.119 e. The van der Waals surface area contributed by atoms with Crippen molar-refractivity contribution in [3.05, 3.63) is 91.0 Å². The monoisotopic (exact) mass is 540 g/mol. The first kappa shape index (κ1) is 34.0. The summed E-state index contributed by atoms with van der Waals surface area (Å²) in [6.45, 7) is 13.6. The molecule has 0 radical (unpaired) electrons. The Morgan fingerprint density at radius 2 is 0.897 bits per heavy atom. The van der Waals surface area contributed by atoms with Crippen molar-refractivity contribution in [2.24, 2.45) is 0 Å². The van der Waals surface area contributed by atoms with Crippen LogP contribution in [0.5, 0.6) is 17.2 Å². The van der Waals surface area contributed by atoms with E-state index in [1.54, 1.807) is 6.92 Å². The number of benzene rings is 3. The summed E-state index contributed by atoms with van der Waals surface area (Å²) in [6.07, 6.45) is 2.78. The molecule has 0 aromatic heterocycles. The molecule has 3 atom stereocenters. The third-order valence-corrected chi connectivity index (χ3v) is 4.40. The maximum absolute atomic E-state index is 8.89. The molecule has 6 heteroatoms. The summed E-state index contributed by atoms with van der Waals surface area (Å²) in [5.41, 5.74) is 0. The Morgan fingerprint density at radius 3 is 1.15 bits per heavy atom. The predicted octanol–water partition coefficient (Wildman–Crippen LogP) is 7.21. The molecule has 1 N–H and O–H groups in total. The molecule has 5 rings (SSSR count). The van der Waals surface area contributed by atoms with Crippen molar-refractivity contribution in [3.8, 4) is 17.2 Å². The lowest BCUT2D eigenvalue weighted by Crippen LogP contribution is -2.12. The number of aliphatic hydroxyl groups is 1. The minimum atomic E-state index is -0.407. The van der Waals surface area contributed by atoms with Crippen LogP contribution in [0, 0.1) is 0 Å². The first-order chi connectivity index (χ1) is 19.0. The molecule has 39 heavy (non-hydrogen) atoms. The first-order valence-electron chi connectivity index (χ1n) is 14.0. The molecule has 6 nitrogen and oxygen atoms in total. The molecule has 216 valence electrons. The lowest BCUT2D eigenvalue weighted by Gasteiger charge is -2.06. The second kappa shape index (κ2) is 22.9. The Kier molecular flexibility index (Phi) is 19.9. The van der Waals surface area contributed by atoms with Crippen LogP contribution in [0.1, 0.15) is 47.5 Å². The molecule has 0 aliphatic carbocycles. The zero-order valence-electron chi connectivity index (χ0n) is 24.3. The van der Waals surface area contributed by atoms with Crippen LogP contribution in [0.4, 0.5) is 0 Å². The van der Waals surface area contributed by atoms with E-state index in [4.69, 9.17) is 28.8 Å². The third-order valence-electron chi connectivity index (χ3n) is 4.40. The van der Waals surface area contributed by atoms with E-state index in [-0.39, 0.29) is 0 Å². The van der Waals surface area contributed by atoms with Gasteiger partial charge in [0.1, 0.15) is 49.3 Å². The Balaban J connectivity index is 0.000000265. The van der Waals surface area contributed by atoms with E-state index in [0.717, 1.165) is 30.5 Å². The van der Waals surface area contributed by atoms with Gasteiger partial charge in [0, 0.05) is 0 Å². The van der Waals surface area contributed by atoms with E-state index in [1.165, 1.54) is 12.8 Å². The summed E-state index contributed by atoms with van der Waals surface area (Å²) in [5, 5.41) is 8.89. The zero-order valence-corrected chi connectivity index (χ0v) is 24.3. The summed E-state index contributed by atoms with van der Waals surface area (Å²) in [7, 11) is 0. The number of hydrogen-bond acceptors (Lipinski definition) is 6. The van der Waals surface area contributed by atoms with Crippen molar-refractivity contribution in [2.75, 3.05) is 33.0 Å². The summed E-state index contributed by atoms with van der Waals surface area (Å²) < 4.78 is 26.0. The van der Waals surface area contributed by atoms with Crippen molar-refractivity contribution in [1.82, 2.24) is 0 Å². The molecule has 0 bridgehead atoms. The van der Waals surface area contributed by atoms with Crippen LogP contribution < -0.4 is 14.2 Å². The van der Waals surface area contributed by atoms with Gasteiger partial charge in [-0.05, 0) is 43.3 Å². The first-order valence-corrected chi connectivity index (χ1v) is 14.0. The number of aliphatic hydroxyl groups excluding tert-OH is 1. The van der Waals surface area contributed by atoms with Crippen molar-refractivity contribution < 1.29 is 28.8 Å². The van der Waals surface area contributed by atoms with Crippen LogP contribution in [-0.4, -0.2) is 56.5 Å². The lowest BCUT2D eigenvalue weighted by atomic mass is 10.3. The van der Waals surface area contributed by atoms with E-state index in [0.29, 0.717) is 32.0 Å². The molecule has 0 amide bonds. The van der Waals surface area contributed by atoms with Gasteiger partial charge in [0.05, 0.1) is 19.3 Å². The summed E-state index contributed by atoms with van der Waals surface area (Å²) in [6, 6.07) is 29.0. The molecule has 2 saturated heterocycles. The molecule has 3 unspecified atom stereocenters. The molecule has 0 spiro atoms. The van der Waals surface area contributed by atoms with Crippen LogP contribution in [0.25, 0.3) is 0 Å². The highest BCUT2D eigenvalue weighted by Crippen LogP contribution is 2.14. The van der Waals surface area contributed by atoms with Crippen LogP contribution in [0.15, 0.2) is 91.0 Å². The quantitative estimate of drug-likeness (QED) is 0.289. The van der Waals surface area contributed by atoms with E-state index in [1.807, 2.05) is 91.0 Å². The van der Waals surface area contributed by atoms with Gasteiger partial charge in [0.2, 0.25) is 0 Å². The topological polar surface area (TPSA) is 73.0 Å². The summed E-state index contributed by atoms with van der Waals surface area (Å²) in [5.74, 6) is 2.64. The second-order valence-corrected chi connectivity index (χ2v) is 9.05. The van der Waals surface area contributed by atoms with Crippen LogP contribution >= 0.6 is 0 Å². The van der Waals surface area contributed by atoms with Gasteiger partial charge in [0.25, 0.3) is 0 Å². The fraction of sp³-hybridized carbons (Fsp3) is 0.455. The van der Waals surface area contributed by atoms with Gasteiger partial charge in [-0.1, -0.05) is 95.1 Å². The van der Waals surface area contributed by atoms with Crippen LogP contribution in [0.2, 0.25) is 0 Å². The van der Waals surface area contributed by atoms with Crippen molar-refractivity contribution >= 4 is 0 Å². The van der Waals surface area contributed by atoms with E-state index in [2.05, 4.69) is 27.7 Å². The molecule has 3 aromatic carbocycles. The van der Waals surface area contributed by atoms with Crippen molar-refractivity contribution in [2.45, 2.75) is 65.8 Å². The fourth-order valence-electron chi connectivity index (χ4n) is 2.47. The smallest absolute Gasteiger partial charge is 0.119 e. The highest BCUT2D eigenvalue weighted by Gasteiger charge is 2.23. The number of epoxide rings is 2. The van der Waals surface area contributed by atoms with Gasteiger partial charge in [-0.2, -0.15) is 0 Å². The highest BCUT2D eigenvalue weighted by atomic mass is 16.6. The summed E-state index contributed by atoms with van der Waals surface area (Å²) in [4.78, 5) is 0. The van der Waals surface area contributed by atoms with Crippen LogP contribution in [0.3, 0.4) is 0 Å². The number of hydrogen-bond donors (Lipinski definition) is 1. The van der Waals surface area contributed by atoms with E-state index >= 15 is 0 Å². The molecule has 2 fully saturated rings. The SMILES string of the molecule is CC(O)COc1ccccc1.CCC.CCC.c1ccc(OCC2CO2)cc1.c1ccc(OCC2CO2)cc1. The molecule has 3 aromatic rings. The average molecular weight is 541 g/mol. The van der Waals surface area contributed by atoms with Gasteiger partial charge < -0.3 is 28.8 Å². The molecule has 0 saturated carbocycles. The molecule has 2 heterocycles. The van der Waals surface area contributed by atoms with E-state index in [9.17, 15) is 0 Å². The largest absolute Gasteiger partial charge is 0.491 e. The normalized spacial score (nSPS) is 16.5. The lowest BCUT2D eigenvalue weighted by molar-refractivity contribution is 0.123. The van der Waals surface area contributed by atoms with Crippen molar-refractivity contribution in [1.29, 1.82) is 0 Å². The second-order valence-electron chi connectivity index (χ2n) is 9.05. The maximum atomic E-state index is 8.89. The number of rotatable bonds is 9. The predicted molar refractivity (Wildman–Crippen MR) is 159 cm³/mol. The Hall–Kier alpha value is -3.06. The third kappa shape index (κ3) is 21.6. The standard InChI is InChI=1S/2C9H10O2.C9H12O2.2C3H8/c2*1-2-4-8(5-3-1)10-6-9-7-11-9;1-8(10)7-11-9-5-3-2-4-6-9;2*1-3-2/h2*1-5,9H,6-7H2;2-6,8,10H,7H2,1H3;2*3H2,1-2H3. The number of para-hydroxylation sites is 3. The molecular weight excluding hydrogens is 492 g/mol. The van der Waals surface area contributed by atoms with Gasteiger partial charge >= 0.3 is 0 Å². The Morgan fingerprint density at radius 1 is 0.615 bits per heavy atom. The minimum absolute atomic E-state index is 0.343. The molecular formula is C33H48O6. The van der Waals surface area contributed by atoms with E-state index < -0.39 is 6.10 Å². The minimum Gasteiger partial charge on any atom is -0.491 e. The number of ether oxygens (including phenoxy) is 5.